The predicted octanol–water partition coefficient (Wildman–Crippen LogP) is 2.88. The lowest BCUT2D eigenvalue weighted by Crippen LogP contribution is -2.03. The van der Waals surface area contributed by atoms with Gasteiger partial charge >= 0.3 is 0 Å². The third-order valence-corrected chi connectivity index (χ3v) is 3.29. The van der Waals surface area contributed by atoms with E-state index >= 15 is 0 Å². The molecule has 17 heavy (non-hydrogen) atoms. The van der Waals surface area contributed by atoms with Crippen LogP contribution in [0.3, 0.4) is 0 Å². The van der Waals surface area contributed by atoms with Gasteiger partial charge in [0, 0.05) is 0 Å². The van der Waals surface area contributed by atoms with Gasteiger partial charge in [-0.25, -0.2) is 4.39 Å². The topological polar surface area (TPSA) is 46.0 Å². The summed E-state index contributed by atoms with van der Waals surface area (Å²) in [5.41, 5.74) is 1.30. The molecule has 1 atom stereocenters. The van der Waals surface area contributed by atoms with Crippen molar-refractivity contribution in [2.24, 2.45) is 0 Å². The minimum absolute atomic E-state index is 0.187. The average Bonchev–Trinajstić information content (AvgIpc) is 2.77. The Morgan fingerprint density at radius 3 is 2.76 bits per heavy atom. The van der Waals surface area contributed by atoms with Gasteiger partial charge in [-0.1, -0.05) is 30.5 Å². The van der Waals surface area contributed by atoms with Gasteiger partial charge in [0.05, 0.1) is 10.6 Å². The molecule has 0 saturated carbocycles. The van der Waals surface area contributed by atoms with Gasteiger partial charge in [0.15, 0.2) is 0 Å². The molecule has 0 fully saturated rings. The Morgan fingerprint density at radius 1 is 1.35 bits per heavy atom. The average molecular weight is 252 g/mol. The number of aromatic nitrogens is 2. The minimum Gasteiger partial charge on any atom is -0.383 e. The minimum atomic E-state index is -0.858. The number of aliphatic hydroxyl groups is 1. The van der Waals surface area contributed by atoms with Gasteiger partial charge < -0.3 is 5.11 Å². The molecule has 90 valence electrons. The fraction of sp³-hybridized carbons (Fsp3) is 0.333. The van der Waals surface area contributed by atoms with Crippen LogP contribution in [0.15, 0.2) is 24.3 Å². The molecule has 0 spiro atoms. The first-order chi connectivity index (χ1) is 8.09. The Balaban J connectivity index is 2.37. The Hall–Kier alpha value is -1.33. The highest BCUT2D eigenvalue weighted by molar-refractivity contribution is 7.05. The number of benzene rings is 1. The zero-order chi connectivity index (χ0) is 12.4. The lowest BCUT2D eigenvalue weighted by molar-refractivity contribution is 0.222. The van der Waals surface area contributed by atoms with Gasteiger partial charge in [-0.05, 0) is 35.1 Å². The third-order valence-electron chi connectivity index (χ3n) is 2.50. The third kappa shape index (κ3) is 2.50. The summed E-state index contributed by atoms with van der Waals surface area (Å²) in [6.07, 6.45) is -0.858. The zero-order valence-corrected chi connectivity index (χ0v) is 10.4. The summed E-state index contributed by atoms with van der Waals surface area (Å²) >= 11 is 1.15. The molecule has 1 N–H and O–H groups in total. The van der Waals surface area contributed by atoms with Crippen molar-refractivity contribution in [2.75, 3.05) is 0 Å². The summed E-state index contributed by atoms with van der Waals surface area (Å²) < 4.78 is 16.9. The summed E-state index contributed by atoms with van der Waals surface area (Å²) in [5, 5.41) is 14.2. The molecule has 0 aliphatic rings. The predicted molar refractivity (Wildman–Crippen MR) is 64.5 cm³/mol. The zero-order valence-electron chi connectivity index (χ0n) is 9.59. The van der Waals surface area contributed by atoms with E-state index in [1.807, 2.05) is 13.8 Å². The van der Waals surface area contributed by atoms with Crippen LogP contribution < -0.4 is 0 Å². The Bertz CT molecular complexity index is 513. The molecule has 1 aromatic heterocycles. The molecule has 0 saturated heterocycles. The van der Waals surface area contributed by atoms with Crippen LogP contribution in [0.5, 0.6) is 0 Å². The van der Waals surface area contributed by atoms with E-state index in [0.29, 0.717) is 10.4 Å². The van der Waals surface area contributed by atoms with Crippen LogP contribution >= 0.6 is 11.5 Å². The van der Waals surface area contributed by atoms with E-state index in [9.17, 15) is 9.50 Å². The lowest BCUT2D eigenvalue weighted by Gasteiger charge is -2.11. The monoisotopic (exact) mass is 252 g/mol. The molecule has 1 aromatic carbocycles. The molecule has 5 heteroatoms. The molecule has 2 rings (SSSR count). The van der Waals surface area contributed by atoms with Gasteiger partial charge in [-0.2, -0.15) is 0 Å². The standard InChI is InChI=1S/C12H13FN2OS/c1-7(2)10-12(17-15-14-10)11(16)8-4-3-5-9(13)6-8/h3-7,11,16H,1-2H3. The van der Waals surface area contributed by atoms with Crippen LogP contribution in [-0.4, -0.2) is 14.7 Å². The van der Waals surface area contributed by atoms with E-state index in [4.69, 9.17) is 0 Å². The second-order valence-electron chi connectivity index (χ2n) is 4.13. The van der Waals surface area contributed by atoms with Crippen LogP contribution in [-0.2, 0) is 0 Å². The molecule has 0 aliphatic carbocycles. The van der Waals surface area contributed by atoms with E-state index in [1.165, 1.54) is 12.1 Å². The van der Waals surface area contributed by atoms with Gasteiger partial charge in [0.1, 0.15) is 11.9 Å². The molecule has 0 radical (unpaired) electrons. The molecular formula is C12H13FN2OS. The second kappa shape index (κ2) is 4.89. The summed E-state index contributed by atoms with van der Waals surface area (Å²) in [4.78, 5) is 0.686. The highest BCUT2D eigenvalue weighted by Gasteiger charge is 2.20. The number of aliphatic hydroxyl groups excluding tert-OH is 1. The Labute approximate surface area is 103 Å². The quantitative estimate of drug-likeness (QED) is 0.913. The van der Waals surface area contributed by atoms with E-state index < -0.39 is 6.10 Å². The maximum Gasteiger partial charge on any atom is 0.123 e. The van der Waals surface area contributed by atoms with E-state index in [2.05, 4.69) is 9.59 Å². The van der Waals surface area contributed by atoms with Crippen molar-refractivity contribution in [1.82, 2.24) is 9.59 Å². The van der Waals surface area contributed by atoms with Crippen molar-refractivity contribution >= 4 is 11.5 Å². The SMILES string of the molecule is CC(C)c1nnsc1C(O)c1cccc(F)c1. The van der Waals surface area contributed by atoms with Crippen molar-refractivity contribution in [3.63, 3.8) is 0 Å². The molecule has 2 aromatic rings. The van der Waals surface area contributed by atoms with Crippen molar-refractivity contribution in [1.29, 1.82) is 0 Å². The highest BCUT2D eigenvalue weighted by Crippen LogP contribution is 2.30. The van der Waals surface area contributed by atoms with Gasteiger partial charge in [-0.15, -0.1) is 5.10 Å². The maximum atomic E-state index is 13.1. The van der Waals surface area contributed by atoms with Crippen LogP contribution in [0.1, 0.15) is 42.0 Å². The normalized spacial score (nSPS) is 13.0. The summed E-state index contributed by atoms with van der Waals surface area (Å²) in [6.45, 7) is 3.97. The summed E-state index contributed by atoms with van der Waals surface area (Å²) in [5.74, 6) is -0.169. The van der Waals surface area contributed by atoms with Crippen LogP contribution in [0.2, 0.25) is 0 Å². The first kappa shape index (κ1) is 12.1. The number of halogens is 1. The molecule has 0 amide bonds. The molecule has 3 nitrogen and oxygen atoms in total. The van der Waals surface area contributed by atoms with Crippen molar-refractivity contribution in [2.45, 2.75) is 25.9 Å². The number of nitrogens with zero attached hydrogens (tertiary/aromatic N) is 2. The fourth-order valence-electron chi connectivity index (χ4n) is 1.62. The first-order valence-corrected chi connectivity index (χ1v) is 6.12. The Morgan fingerprint density at radius 2 is 2.12 bits per heavy atom. The molecule has 0 bridgehead atoms. The highest BCUT2D eigenvalue weighted by atomic mass is 32.1. The summed E-state index contributed by atoms with van der Waals surface area (Å²) in [6, 6.07) is 5.95. The largest absolute Gasteiger partial charge is 0.383 e. The smallest absolute Gasteiger partial charge is 0.123 e. The second-order valence-corrected chi connectivity index (χ2v) is 4.92. The van der Waals surface area contributed by atoms with Crippen molar-refractivity contribution in [3.8, 4) is 0 Å². The van der Waals surface area contributed by atoms with Crippen molar-refractivity contribution in [3.05, 3.63) is 46.2 Å². The molecule has 0 aliphatic heterocycles. The first-order valence-electron chi connectivity index (χ1n) is 5.35. The van der Waals surface area contributed by atoms with Crippen LogP contribution in [0, 0.1) is 5.82 Å². The van der Waals surface area contributed by atoms with E-state index in [0.717, 1.165) is 17.2 Å². The van der Waals surface area contributed by atoms with Crippen LogP contribution in [0.25, 0.3) is 0 Å². The molecular weight excluding hydrogens is 239 g/mol. The van der Waals surface area contributed by atoms with E-state index in [-0.39, 0.29) is 11.7 Å². The summed E-state index contributed by atoms with van der Waals surface area (Å²) in [7, 11) is 0. The van der Waals surface area contributed by atoms with Crippen LogP contribution in [0.4, 0.5) is 4.39 Å². The van der Waals surface area contributed by atoms with Gasteiger partial charge in [0.25, 0.3) is 0 Å². The van der Waals surface area contributed by atoms with Gasteiger partial charge in [0.2, 0.25) is 0 Å². The fourth-order valence-corrected chi connectivity index (χ4v) is 2.45. The van der Waals surface area contributed by atoms with Crippen molar-refractivity contribution < 1.29 is 9.50 Å². The number of rotatable bonds is 3. The lowest BCUT2D eigenvalue weighted by atomic mass is 10.0. The molecule has 1 heterocycles. The number of hydrogen-bond acceptors (Lipinski definition) is 4. The number of hydrogen-bond donors (Lipinski definition) is 1. The van der Waals surface area contributed by atoms with E-state index in [1.54, 1.807) is 12.1 Å². The van der Waals surface area contributed by atoms with Gasteiger partial charge in [-0.3, -0.25) is 0 Å². The molecule has 1 unspecified atom stereocenters. The Kier molecular flexibility index (Phi) is 3.49. The maximum absolute atomic E-state index is 13.1.